The van der Waals surface area contributed by atoms with E-state index in [9.17, 15) is 4.79 Å². The van der Waals surface area contributed by atoms with Gasteiger partial charge in [0.25, 0.3) is 0 Å². The number of carbonyl (C=O) groups is 1. The summed E-state index contributed by atoms with van der Waals surface area (Å²) in [6.45, 7) is 2.26. The lowest BCUT2D eigenvalue weighted by Crippen LogP contribution is -2.28. The predicted octanol–water partition coefficient (Wildman–Crippen LogP) is 7.88. The van der Waals surface area contributed by atoms with E-state index in [1.807, 2.05) is 12.3 Å². The Labute approximate surface area is 188 Å². The summed E-state index contributed by atoms with van der Waals surface area (Å²) in [6, 6.07) is 8.35. The van der Waals surface area contributed by atoms with Gasteiger partial charge in [0.05, 0.1) is 0 Å². The summed E-state index contributed by atoms with van der Waals surface area (Å²) in [5, 5.41) is 0. The molecule has 0 aliphatic heterocycles. The molecule has 0 heterocycles. The number of benzene rings is 1. The zero-order chi connectivity index (χ0) is 21.4. The van der Waals surface area contributed by atoms with Crippen molar-refractivity contribution in [3.63, 3.8) is 0 Å². The molecule has 2 atom stereocenters. The highest BCUT2D eigenvalue weighted by Crippen LogP contribution is 2.36. The first-order chi connectivity index (χ1) is 14.7. The van der Waals surface area contributed by atoms with Crippen LogP contribution in [0.1, 0.15) is 108 Å². The number of thioether (sulfide) groups is 1. The third-order valence-electron chi connectivity index (χ3n) is 6.10. The molecule has 1 aliphatic carbocycles. The molecule has 170 valence electrons. The Bertz CT molecular complexity index is 589. The molecular formula is C26H42O3S. The average Bonchev–Trinajstić information content (AvgIpc) is 2.77. The Kier molecular flexibility index (Phi) is 13.1. The van der Waals surface area contributed by atoms with Crippen LogP contribution >= 0.6 is 11.8 Å². The van der Waals surface area contributed by atoms with Gasteiger partial charge in [-0.05, 0) is 49.6 Å². The second-order valence-corrected chi connectivity index (χ2v) is 9.43. The summed E-state index contributed by atoms with van der Waals surface area (Å²) < 4.78 is 11.7. The van der Waals surface area contributed by atoms with Gasteiger partial charge >= 0.3 is 5.97 Å². The first-order valence-electron chi connectivity index (χ1n) is 12.2. The van der Waals surface area contributed by atoms with Gasteiger partial charge in [0, 0.05) is 12.3 Å². The van der Waals surface area contributed by atoms with Crippen LogP contribution in [-0.2, 0) is 9.53 Å². The van der Waals surface area contributed by atoms with Gasteiger partial charge in [-0.25, -0.2) is 0 Å². The quantitative estimate of drug-likeness (QED) is 0.160. The largest absolute Gasteiger partial charge is 0.483 e. The van der Waals surface area contributed by atoms with Crippen LogP contribution in [-0.4, -0.2) is 24.3 Å². The topological polar surface area (TPSA) is 35.5 Å². The van der Waals surface area contributed by atoms with Crippen LogP contribution in [0.25, 0.3) is 0 Å². The molecule has 4 heteroatoms. The maximum absolute atomic E-state index is 12.5. The Hall–Kier alpha value is -1.16. The lowest BCUT2D eigenvalue weighted by atomic mass is 9.81. The summed E-state index contributed by atoms with van der Waals surface area (Å²) in [4.78, 5) is 12.5. The van der Waals surface area contributed by atoms with Crippen molar-refractivity contribution in [3.05, 3.63) is 29.8 Å². The van der Waals surface area contributed by atoms with Crippen LogP contribution in [0.3, 0.4) is 0 Å². The molecule has 2 rings (SSSR count). The second-order valence-electron chi connectivity index (χ2n) is 8.62. The standard InChI is InChI=1S/C26H42O3S/c1-3-4-5-6-7-8-9-10-11-19-26(27)29-25-18-13-12-17-24(25)22-15-14-16-23(20-22)28-21-30-2/h14-16,20,24-25H,3-13,17-19,21H2,1-2H3/t24-,25+/m0/s1. The van der Waals surface area contributed by atoms with E-state index in [2.05, 4.69) is 25.1 Å². The van der Waals surface area contributed by atoms with Gasteiger partial charge < -0.3 is 9.47 Å². The maximum Gasteiger partial charge on any atom is 0.306 e. The van der Waals surface area contributed by atoms with E-state index in [0.29, 0.717) is 18.3 Å². The number of unbranched alkanes of at least 4 members (excludes halogenated alkanes) is 8. The smallest absolute Gasteiger partial charge is 0.306 e. The van der Waals surface area contributed by atoms with Crippen molar-refractivity contribution in [2.75, 3.05) is 12.2 Å². The van der Waals surface area contributed by atoms with E-state index >= 15 is 0 Å². The van der Waals surface area contributed by atoms with Crippen molar-refractivity contribution >= 4 is 17.7 Å². The Morgan fingerprint density at radius 3 is 2.43 bits per heavy atom. The number of ether oxygens (including phenoxy) is 2. The van der Waals surface area contributed by atoms with Crippen molar-refractivity contribution in [2.24, 2.45) is 0 Å². The molecule has 1 fully saturated rings. The van der Waals surface area contributed by atoms with Crippen LogP contribution in [0.4, 0.5) is 0 Å². The highest BCUT2D eigenvalue weighted by Gasteiger charge is 2.29. The maximum atomic E-state index is 12.5. The zero-order valence-corrected chi connectivity index (χ0v) is 20.0. The van der Waals surface area contributed by atoms with E-state index < -0.39 is 0 Å². The van der Waals surface area contributed by atoms with Crippen molar-refractivity contribution in [1.29, 1.82) is 0 Å². The van der Waals surface area contributed by atoms with Crippen LogP contribution in [0.2, 0.25) is 0 Å². The van der Waals surface area contributed by atoms with Gasteiger partial charge in [-0.1, -0.05) is 76.8 Å². The van der Waals surface area contributed by atoms with Gasteiger partial charge in [0.15, 0.2) is 0 Å². The molecule has 1 aliphatic rings. The second kappa shape index (κ2) is 15.6. The molecule has 0 aromatic heterocycles. The van der Waals surface area contributed by atoms with E-state index in [1.165, 1.54) is 56.9 Å². The first kappa shape index (κ1) is 25.1. The fourth-order valence-corrected chi connectivity index (χ4v) is 4.64. The zero-order valence-electron chi connectivity index (χ0n) is 19.2. The number of rotatable bonds is 15. The third kappa shape index (κ3) is 9.76. The highest BCUT2D eigenvalue weighted by molar-refractivity contribution is 7.98. The monoisotopic (exact) mass is 434 g/mol. The average molecular weight is 435 g/mol. The number of carbonyl (C=O) groups excluding carboxylic acids is 1. The summed E-state index contributed by atoms with van der Waals surface area (Å²) in [5.74, 6) is 1.85. The number of hydrogen-bond donors (Lipinski definition) is 0. The van der Waals surface area contributed by atoms with Crippen molar-refractivity contribution in [3.8, 4) is 5.75 Å². The number of hydrogen-bond acceptors (Lipinski definition) is 4. The minimum atomic E-state index is -0.00960. The van der Waals surface area contributed by atoms with E-state index in [4.69, 9.17) is 9.47 Å². The van der Waals surface area contributed by atoms with Crippen LogP contribution in [0.5, 0.6) is 5.75 Å². The van der Waals surface area contributed by atoms with Crippen LogP contribution in [0, 0.1) is 0 Å². The van der Waals surface area contributed by atoms with Crippen molar-refractivity contribution < 1.29 is 14.3 Å². The molecule has 1 aromatic rings. The molecule has 0 saturated heterocycles. The molecular weight excluding hydrogens is 392 g/mol. The molecule has 1 saturated carbocycles. The van der Waals surface area contributed by atoms with Gasteiger partial charge in [0.1, 0.15) is 17.8 Å². The minimum Gasteiger partial charge on any atom is -0.483 e. The Morgan fingerprint density at radius 2 is 1.70 bits per heavy atom. The molecule has 0 unspecified atom stereocenters. The Balaban J connectivity index is 1.71. The normalized spacial score (nSPS) is 18.9. The highest BCUT2D eigenvalue weighted by atomic mass is 32.2. The van der Waals surface area contributed by atoms with E-state index in [1.54, 1.807) is 11.8 Å². The lowest BCUT2D eigenvalue weighted by Gasteiger charge is -2.31. The molecule has 0 bridgehead atoms. The molecule has 0 radical (unpaired) electrons. The predicted molar refractivity (Wildman–Crippen MR) is 128 cm³/mol. The summed E-state index contributed by atoms with van der Waals surface area (Å²) in [7, 11) is 0. The summed E-state index contributed by atoms with van der Waals surface area (Å²) in [6.07, 6.45) is 18.4. The first-order valence-corrected chi connectivity index (χ1v) is 13.5. The van der Waals surface area contributed by atoms with Crippen LogP contribution < -0.4 is 4.74 Å². The molecule has 0 N–H and O–H groups in total. The summed E-state index contributed by atoms with van der Waals surface area (Å²) >= 11 is 1.67. The Morgan fingerprint density at radius 1 is 1.00 bits per heavy atom. The molecule has 1 aromatic carbocycles. The van der Waals surface area contributed by atoms with Crippen molar-refractivity contribution in [2.45, 2.75) is 109 Å². The van der Waals surface area contributed by atoms with Crippen LogP contribution in [0.15, 0.2) is 24.3 Å². The van der Waals surface area contributed by atoms with Gasteiger partial charge in [-0.3, -0.25) is 4.79 Å². The lowest BCUT2D eigenvalue weighted by molar-refractivity contribution is -0.151. The van der Waals surface area contributed by atoms with E-state index in [-0.39, 0.29) is 12.1 Å². The van der Waals surface area contributed by atoms with Gasteiger partial charge in [-0.15, -0.1) is 11.8 Å². The van der Waals surface area contributed by atoms with E-state index in [0.717, 1.165) is 37.9 Å². The minimum absolute atomic E-state index is 0.00960. The van der Waals surface area contributed by atoms with Crippen molar-refractivity contribution in [1.82, 2.24) is 0 Å². The number of esters is 1. The fraction of sp³-hybridized carbons (Fsp3) is 0.731. The fourth-order valence-electron chi connectivity index (χ4n) is 4.39. The summed E-state index contributed by atoms with van der Waals surface area (Å²) in [5.41, 5.74) is 1.24. The SMILES string of the molecule is CCCCCCCCCCCC(=O)O[C@@H]1CCCC[C@H]1c1cccc(OCSC)c1. The molecule has 30 heavy (non-hydrogen) atoms. The molecule has 0 amide bonds. The van der Waals surface area contributed by atoms with Gasteiger partial charge in [0.2, 0.25) is 0 Å². The third-order valence-corrected chi connectivity index (χ3v) is 6.45. The molecule has 0 spiro atoms. The molecule has 3 nitrogen and oxygen atoms in total. The van der Waals surface area contributed by atoms with Gasteiger partial charge in [-0.2, -0.15) is 0 Å².